The number of rotatable bonds is 10. The fourth-order valence-corrected chi connectivity index (χ4v) is 4.36. The van der Waals surface area contributed by atoms with Gasteiger partial charge in [-0.25, -0.2) is 0 Å². The maximum absolute atomic E-state index is 12.6. The lowest BCUT2D eigenvalue weighted by Crippen LogP contribution is -2.14. The Kier molecular flexibility index (Phi) is 7.62. The average Bonchev–Trinajstić information content (AvgIpc) is 3.06. The monoisotopic (exact) mass is 433 g/mol. The van der Waals surface area contributed by atoms with Crippen molar-refractivity contribution in [3.05, 3.63) is 71.0 Å². The molecule has 1 heterocycles. The van der Waals surface area contributed by atoms with Gasteiger partial charge in [0.2, 0.25) is 0 Å². The lowest BCUT2D eigenvalue weighted by molar-refractivity contribution is 0.1000. The van der Waals surface area contributed by atoms with Gasteiger partial charge < -0.3 is 19.9 Å². The number of amides is 1. The number of para-hydroxylation sites is 1. The highest BCUT2D eigenvalue weighted by Crippen LogP contribution is 2.36. The van der Waals surface area contributed by atoms with Crippen LogP contribution in [0.25, 0.3) is 11.1 Å². The highest BCUT2D eigenvalue weighted by atomic mass is 16.5. The van der Waals surface area contributed by atoms with Crippen LogP contribution in [0.2, 0.25) is 0 Å². The summed E-state index contributed by atoms with van der Waals surface area (Å²) in [7, 11) is 5.73. The Morgan fingerprint density at radius 3 is 2.34 bits per heavy atom. The minimum Gasteiger partial charge on any atom is -0.496 e. The van der Waals surface area contributed by atoms with Crippen molar-refractivity contribution in [3.63, 3.8) is 0 Å². The second-order valence-electron chi connectivity index (χ2n) is 8.44. The summed E-state index contributed by atoms with van der Waals surface area (Å²) in [6.07, 6.45) is 4.24. The van der Waals surface area contributed by atoms with Crippen molar-refractivity contribution in [2.24, 2.45) is 5.73 Å². The summed E-state index contributed by atoms with van der Waals surface area (Å²) >= 11 is 0. The number of carbonyl (C=O) groups excluding carboxylic acids is 1. The van der Waals surface area contributed by atoms with Crippen LogP contribution in [0, 0.1) is 6.92 Å². The Bertz CT molecular complexity index is 1070. The van der Waals surface area contributed by atoms with Crippen molar-refractivity contribution in [1.82, 2.24) is 4.57 Å². The van der Waals surface area contributed by atoms with Gasteiger partial charge in [0.15, 0.2) is 0 Å². The zero-order valence-corrected chi connectivity index (χ0v) is 19.9. The summed E-state index contributed by atoms with van der Waals surface area (Å²) in [6.45, 7) is 4.83. The first-order valence-electron chi connectivity index (χ1n) is 11.3. The molecule has 3 rings (SSSR count). The average molecular weight is 434 g/mol. The van der Waals surface area contributed by atoms with Gasteiger partial charge in [0.05, 0.1) is 19.2 Å². The third-order valence-electron chi connectivity index (χ3n) is 6.09. The second-order valence-corrected chi connectivity index (χ2v) is 8.44. The summed E-state index contributed by atoms with van der Waals surface area (Å²) in [5.74, 6) is 0.460. The van der Waals surface area contributed by atoms with E-state index < -0.39 is 0 Å². The lowest BCUT2D eigenvalue weighted by Gasteiger charge is -2.16. The number of methoxy groups -OCH3 is 1. The van der Waals surface area contributed by atoms with Gasteiger partial charge in [-0.15, -0.1) is 0 Å². The molecule has 0 spiro atoms. The number of anilines is 1. The number of aromatic nitrogens is 1. The highest BCUT2D eigenvalue weighted by molar-refractivity contribution is 6.02. The van der Waals surface area contributed by atoms with Gasteiger partial charge in [-0.2, -0.15) is 0 Å². The lowest BCUT2D eigenvalue weighted by atomic mass is 9.97. The molecular weight excluding hydrogens is 398 g/mol. The van der Waals surface area contributed by atoms with Crippen molar-refractivity contribution in [3.8, 4) is 16.9 Å². The normalized spacial score (nSPS) is 10.9. The van der Waals surface area contributed by atoms with Crippen molar-refractivity contribution in [2.75, 3.05) is 26.1 Å². The van der Waals surface area contributed by atoms with E-state index in [1.807, 2.05) is 39.2 Å². The van der Waals surface area contributed by atoms with Crippen molar-refractivity contribution < 1.29 is 9.53 Å². The van der Waals surface area contributed by atoms with E-state index in [-0.39, 0.29) is 5.91 Å². The molecule has 5 nitrogen and oxygen atoms in total. The predicted octanol–water partition coefficient (Wildman–Crippen LogP) is 5.42. The van der Waals surface area contributed by atoms with Gasteiger partial charge in [0, 0.05) is 42.3 Å². The summed E-state index contributed by atoms with van der Waals surface area (Å²) in [4.78, 5) is 14.7. The van der Waals surface area contributed by atoms with Crippen LogP contribution in [0.4, 0.5) is 5.69 Å². The number of hydrogen-bond acceptors (Lipinski definition) is 3. The molecule has 0 aliphatic rings. The molecule has 0 fully saturated rings. The smallest absolute Gasteiger partial charge is 0.251 e. The number of primary amides is 1. The van der Waals surface area contributed by atoms with E-state index >= 15 is 0 Å². The zero-order valence-electron chi connectivity index (χ0n) is 19.9. The number of carbonyl (C=O) groups is 1. The van der Waals surface area contributed by atoms with Crippen LogP contribution in [0.1, 0.15) is 53.5 Å². The van der Waals surface area contributed by atoms with E-state index in [4.69, 9.17) is 10.5 Å². The number of ether oxygens (including phenoxy) is 1. The molecule has 5 heteroatoms. The van der Waals surface area contributed by atoms with Gasteiger partial charge in [-0.1, -0.05) is 50.1 Å². The maximum Gasteiger partial charge on any atom is 0.251 e. The Balaban J connectivity index is 2.19. The Labute approximate surface area is 191 Å². The molecule has 2 aromatic carbocycles. The van der Waals surface area contributed by atoms with E-state index in [2.05, 4.69) is 46.7 Å². The predicted molar refractivity (Wildman–Crippen MR) is 133 cm³/mol. The molecule has 0 aliphatic heterocycles. The van der Waals surface area contributed by atoms with E-state index in [1.165, 1.54) is 0 Å². The SMILES string of the molecule is CCCCCc1c(-c2ccc(N(C)C)cc2)c(C(N)=O)c(C)n1Cc1ccccc1OC. The molecular formula is C27H35N3O2. The molecule has 0 saturated carbocycles. The van der Waals surface area contributed by atoms with E-state index in [1.54, 1.807) is 7.11 Å². The van der Waals surface area contributed by atoms with Crippen LogP contribution in [0.3, 0.4) is 0 Å². The molecule has 0 atom stereocenters. The molecule has 1 aromatic heterocycles. The molecule has 1 amide bonds. The number of unbranched alkanes of at least 4 members (excludes halogenated alkanes) is 2. The fourth-order valence-electron chi connectivity index (χ4n) is 4.36. The maximum atomic E-state index is 12.6. The van der Waals surface area contributed by atoms with Gasteiger partial charge in [0.1, 0.15) is 5.75 Å². The van der Waals surface area contributed by atoms with Crippen LogP contribution in [0.5, 0.6) is 5.75 Å². The van der Waals surface area contributed by atoms with E-state index in [0.29, 0.717) is 12.1 Å². The van der Waals surface area contributed by atoms with Gasteiger partial charge in [-0.05, 0) is 43.5 Å². The van der Waals surface area contributed by atoms with Crippen molar-refractivity contribution >= 4 is 11.6 Å². The number of nitrogens with zero attached hydrogens (tertiary/aromatic N) is 2. The summed E-state index contributed by atoms with van der Waals surface area (Å²) in [5.41, 5.74) is 12.8. The number of nitrogens with two attached hydrogens (primary N) is 1. The van der Waals surface area contributed by atoms with Crippen LogP contribution >= 0.6 is 0 Å². The molecule has 170 valence electrons. The molecule has 0 aliphatic carbocycles. The van der Waals surface area contributed by atoms with Crippen LogP contribution in [-0.2, 0) is 13.0 Å². The molecule has 32 heavy (non-hydrogen) atoms. The molecule has 3 aromatic rings. The highest BCUT2D eigenvalue weighted by Gasteiger charge is 2.25. The van der Waals surface area contributed by atoms with Crippen LogP contribution in [-0.4, -0.2) is 31.7 Å². The van der Waals surface area contributed by atoms with E-state index in [9.17, 15) is 4.79 Å². The summed E-state index contributed by atoms with van der Waals surface area (Å²) in [5, 5.41) is 0. The Hall–Kier alpha value is -3.21. The van der Waals surface area contributed by atoms with Crippen molar-refractivity contribution in [2.45, 2.75) is 46.1 Å². The minimum absolute atomic E-state index is 0.385. The Morgan fingerprint density at radius 1 is 1.06 bits per heavy atom. The first-order valence-corrected chi connectivity index (χ1v) is 11.3. The standard InChI is InChI=1S/C27H35N3O2/c1-6-7-8-12-23-26(20-14-16-22(17-15-20)29(3)4)25(27(28)31)19(2)30(23)18-21-11-9-10-13-24(21)32-5/h9-11,13-17H,6-8,12,18H2,1-5H3,(H2,28,31). The molecule has 0 unspecified atom stereocenters. The molecule has 0 bridgehead atoms. The minimum atomic E-state index is -0.385. The zero-order chi connectivity index (χ0) is 23.3. The second kappa shape index (κ2) is 10.4. The van der Waals surface area contributed by atoms with Gasteiger partial charge >= 0.3 is 0 Å². The molecule has 2 N–H and O–H groups in total. The van der Waals surface area contributed by atoms with Crippen molar-refractivity contribution in [1.29, 1.82) is 0 Å². The van der Waals surface area contributed by atoms with Crippen LogP contribution in [0.15, 0.2) is 48.5 Å². The summed E-state index contributed by atoms with van der Waals surface area (Å²) in [6, 6.07) is 16.4. The molecule has 0 saturated heterocycles. The summed E-state index contributed by atoms with van der Waals surface area (Å²) < 4.78 is 7.84. The third-order valence-corrected chi connectivity index (χ3v) is 6.09. The number of benzene rings is 2. The van der Waals surface area contributed by atoms with Gasteiger partial charge in [0.25, 0.3) is 5.91 Å². The number of hydrogen-bond donors (Lipinski definition) is 1. The third kappa shape index (κ3) is 4.82. The Morgan fingerprint density at radius 2 is 1.75 bits per heavy atom. The quantitative estimate of drug-likeness (QED) is 0.434. The molecule has 0 radical (unpaired) electrons. The largest absolute Gasteiger partial charge is 0.496 e. The van der Waals surface area contributed by atoms with Crippen LogP contribution < -0.4 is 15.4 Å². The van der Waals surface area contributed by atoms with Gasteiger partial charge in [-0.3, -0.25) is 4.79 Å². The first-order chi connectivity index (χ1) is 15.4. The fraction of sp³-hybridized carbons (Fsp3) is 0.370. The van der Waals surface area contributed by atoms with E-state index in [0.717, 1.165) is 65.2 Å². The topological polar surface area (TPSA) is 60.5 Å². The first kappa shape index (κ1) is 23.5.